The van der Waals surface area contributed by atoms with Crippen molar-refractivity contribution in [2.24, 2.45) is 0 Å². The summed E-state index contributed by atoms with van der Waals surface area (Å²) in [5.74, 6) is -0.0239. The highest BCUT2D eigenvalue weighted by molar-refractivity contribution is 5.94. The van der Waals surface area contributed by atoms with Gasteiger partial charge < -0.3 is 5.32 Å². The molecular formula is C18H21NO. The molecule has 0 aliphatic heterocycles. The molecule has 2 heteroatoms. The van der Waals surface area contributed by atoms with E-state index < -0.39 is 0 Å². The van der Waals surface area contributed by atoms with Crippen molar-refractivity contribution >= 4 is 5.91 Å². The predicted molar refractivity (Wildman–Crippen MR) is 82.9 cm³/mol. The Morgan fingerprint density at radius 3 is 2.25 bits per heavy atom. The molecule has 2 aromatic rings. The minimum atomic E-state index is -0.279. The second kappa shape index (κ2) is 5.91. The van der Waals surface area contributed by atoms with Crippen molar-refractivity contribution in [3.63, 3.8) is 0 Å². The van der Waals surface area contributed by atoms with E-state index in [9.17, 15) is 4.79 Å². The summed E-state index contributed by atoms with van der Waals surface area (Å²) in [6.07, 6.45) is 0.818. The molecule has 0 bridgehead atoms. The minimum Gasteiger partial charge on any atom is -0.347 e. The molecule has 0 aliphatic carbocycles. The van der Waals surface area contributed by atoms with Crippen LogP contribution in [0.25, 0.3) is 0 Å². The monoisotopic (exact) mass is 267 g/mol. The molecule has 0 aliphatic rings. The SMILES string of the molecule is Cc1ccccc1CC(C)(C)NC(=O)c1ccccc1. The first kappa shape index (κ1) is 14.3. The van der Waals surface area contributed by atoms with Gasteiger partial charge in [-0.05, 0) is 50.5 Å². The van der Waals surface area contributed by atoms with Crippen LogP contribution in [-0.4, -0.2) is 11.4 Å². The van der Waals surface area contributed by atoms with E-state index in [0.717, 1.165) is 6.42 Å². The lowest BCUT2D eigenvalue weighted by molar-refractivity contribution is 0.0913. The van der Waals surface area contributed by atoms with E-state index in [0.29, 0.717) is 5.56 Å². The maximum Gasteiger partial charge on any atom is 0.251 e. The summed E-state index contributed by atoms with van der Waals surface area (Å²) in [6, 6.07) is 17.6. The van der Waals surface area contributed by atoms with E-state index in [4.69, 9.17) is 0 Å². The Kier molecular flexibility index (Phi) is 4.23. The summed E-state index contributed by atoms with van der Waals surface area (Å²) in [5, 5.41) is 3.11. The quantitative estimate of drug-likeness (QED) is 0.898. The highest BCUT2D eigenvalue weighted by Gasteiger charge is 2.22. The number of nitrogens with one attached hydrogen (secondary N) is 1. The molecule has 0 saturated carbocycles. The number of aryl methyl sites for hydroxylation is 1. The number of benzene rings is 2. The van der Waals surface area contributed by atoms with Gasteiger partial charge in [-0.15, -0.1) is 0 Å². The fourth-order valence-electron chi connectivity index (χ4n) is 2.30. The molecule has 0 saturated heterocycles. The highest BCUT2D eigenvalue weighted by atomic mass is 16.1. The van der Waals surface area contributed by atoms with Crippen molar-refractivity contribution in [3.05, 3.63) is 71.3 Å². The normalized spacial score (nSPS) is 11.2. The van der Waals surface area contributed by atoms with Gasteiger partial charge in [0.2, 0.25) is 0 Å². The van der Waals surface area contributed by atoms with Crippen LogP contribution in [0.1, 0.15) is 35.3 Å². The molecular weight excluding hydrogens is 246 g/mol. The lowest BCUT2D eigenvalue weighted by Gasteiger charge is -2.27. The molecule has 104 valence electrons. The van der Waals surface area contributed by atoms with E-state index in [1.165, 1.54) is 11.1 Å². The third-order valence-electron chi connectivity index (χ3n) is 3.38. The Balaban J connectivity index is 2.08. The molecule has 0 heterocycles. The molecule has 20 heavy (non-hydrogen) atoms. The second-order valence-corrected chi connectivity index (χ2v) is 5.81. The lowest BCUT2D eigenvalue weighted by atomic mass is 9.92. The number of hydrogen-bond donors (Lipinski definition) is 1. The molecule has 0 radical (unpaired) electrons. The van der Waals surface area contributed by atoms with Crippen molar-refractivity contribution in [1.29, 1.82) is 0 Å². The van der Waals surface area contributed by atoms with Gasteiger partial charge in [0.15, 0.2) is 0 Å². The zero-order valence-electron chi connectivity index (χ0n) is 12.3. The number of rotatable bonds is 4. The summed E-state index contributed by atoms with van der Waals surface area (Å²) in [5.41, 5.74) is 2.95. The summed E-state index contributed by atoms with van der Waals surface area (Å²) >= 11 is 0. The Labute approximate surface area is 120 Å². The number of amides is 1. The Morgan fingerprint density at radius 1 is 1.00 bits per heavy atom. The molecule has 2 rings (SSSR count). The molecule has 0 aromatic heterocycles. The van der Waals surface area contributed by atoms with Crippen molar-refractivity contribution in [3.8, 4) is 0 Å². The fraction of sp³-hybridized carbons (Fsp3) is 0.278. The molecule has 2 aromatic carbocycles. The van der Waals surface area contributed by atoms with Crippen LogP contribution >= 0.6 is 0 Å². The van der Waals surface area contributed by atoms with Crippen LogP contribution < -0.4 is 5.32 Å². The second-order valence-electron chi connectivity index (χ2n) is 5.81. The van der Waals surface area contributed by atoms with Crippen LogP contribution in [-0.2, 0) is 6.42 Å². The summed E-state index contributed by atoms with van der Waals surface area (Å²) in [7, 11) is 0. The van der Waals surface area contributed by atoms with Gasteiger partial charge in [0.1, 0.15) is 0 Å². The summed E-state index contributed by atoms with van der Waals surface area (Å²) < 4.78 is 0. The average Bonchev–Trinajstić information content (AvgIpc) is 2.41. The molecule has 1 N–H and O–H groups in total. The maximum absolute atomic E-state index is 12.2. The van der Waals surface area contributed by atoms with Crippen molar-refractivity contribution in [1.82, 2.24) is 5.32 Å². The topological polar surface area (TPSA) is 29.1 Å². The van der Waals surface area contributed by atoms with E-state index >= 15 is 0 Å². The van der Waals surface area contributed by atoms with E-state index in [-0.39, 0.29) is 11.4 Å². The molecule has 0 unspecified atom stereocenters. The van der Waals surface area contributed by atoms with Crippen molar-refractivity contribution < 1.29 is 4.79 Å². The third kappa shape index (κ3) is 3.70. The zero-order valence-corrected chi connectivity index (χ0v) is 12.3. The summed E-state index contributed by atoms with van der Waals surface area (Å²) in [6.45, 7) is 6.21. The Bertz CT molecular complexity index is 587. The van der Waals surface area contributed by atoms with Gasteiger partial charge in [-0.3, -0.25) is 4.79 Å². The van der Waals surface area contributed by atoms with Crippen molar-refractivity contribution in [2.45, 2.75) is 32.7 Å². The van der Waals surface area contributed by atoms with E-state index in [2.05, 4.69) is 38.2 Å². The fourth-order valence-corrected chi connectivity index (χ4v) is 2.30. The van der Waals surface area contributed by atoms with Crippen LogP contribution in [0.5, 0.6) is 0 Å². The van der Waals surface area contributed by atoms with Gasteiger partial charge >= 0.3 is 0 Å². The molecule has 1 amide bonds. The lowest BCUT2D eigenvalue weighted by Crippen LogP contribution is -2.45. The van der Waals surface area contributed by atoms with E-state index in [1.54, 1.807) is 0 Å². The number of carbonyl (C=O) groups is 1. The van der Waals surface area contributed by atoms with Gasteiger partial charge in [0.25, 0.3) is 5.91 Å². The number of hydrogen-bond acceptors (Lipinski definition) is 1. The van der Waals surface area contributed by atoms with Crippen LogP contribution in [0.3, 0.4) is 0 Å². The van der Waals surface area contributed by atoms with Crippen LogP contribution in [0.4, 0.5) is 0 Å². The third-order valence-corrected chi connectivity index (χ3v) is 3.38. The average molecular weight is 267 g/mol. The van der Waals surface area contributed by atoms with Gasteiger partial charge in [-0.25, -0.2) is 0 Å². The number of carbonyl (C=O) groups excluding carboxylic acids is 1. The molecule has 0 fully saturated rings. The predicted octanol–water partition coefficient (Wildman–Crippen LogP) is 3.75. The smallest absolute Gasteiger partial charge is 0.251 e. The first-order valence-electron chi connectivity index (χ1n) is 6.90. The Hall–Kier alpha value is -2.09. The standard InChI is InChI=1S/C18H21NO/c1-14-9-7-8-12-16(14)13-18(2,3)19-17(20)15-10-5-4-6-11-15/h4-12H,13H2,1-3H3,(H,19,20). The maximum atomic E-state index is 12.2. The van der Waals surface area contributed by atoms with Gasteiger partial charge in [0, 0.05) is 11.1 Å². The Morgan fingerprint density at radius 2 is 1.60 bits per heavy atom. The molecule has 2 nitrogen and oxygen atoms in total. The zero-order chi connectivity index (χ0) is 14.6. The largest absolute Gasteiger partial charge is 0.347 e. The first-order chi connectivity index (χ1) is 9.48. The van der Waals surface area contributed by atoms with Crippen LogP contribution in [0.15, 0.2) is 54.6 Å². The first-order valence-corrected chi connectivity index (χ1v) is 6.90. The molecule has 0 atom stereocenters. The van der Waals surface area contributed by atoms with Crippen LogP contribution in [0.2, 0.25) is 0 Å². The van der Waals surface area contributed by atoms with Gasteiger partial charge in [0.05, 0.1) is 0 Å². The van der Waals surface area contributed by atoms with Crippen LogP contribution in [0, 0.1) is 6.92 Å². The van der Waals surface area contributed by atoms with Gasteiger partial charge in [-0.1, -0.05) is 42.5 Å². The highest BCUT2D eigenvalue weighted by Crippen LogP contribution is 2.16. The summed E-state index contributed by atoms with van der Waals surface area (Å²) in [4.78, 5) is 12.2. The van der Waals surface area contributed by atoms with Crippen molar-refractivity contribution in [2.75, 3.05) is 0 Å². The van der Waals surface area contributed by atoms with E-state index in [1.807, 2.05) is 42.5 Å². The van der Waals surface area contributed by atoms with Gasteiger partial charge in [-0.2, -0.15) is 0 Å². The minimum absolute atomic E-state index is 0.0239. The molecule has 0 spiro atoms.